The predicted octanol–water partition coefficient (Wildman–Crippen LogP) is 4.25. The molecule has 3 rings (SSSR count). The molecule has 0 aliphatic carbocycles. The number of carbonyl (C=O) groups is 1. The normalized spacial score (nSPS) is 11.7. The third-order valence-electron chi connectivity index (χ3n) is 3.40. The van der Waals surface area contributed by atoms with Gasteiger partial charge in [0, 0.05) is 5.56 Å². The van der Waals surface area contributed by atoms with Gasteiger partial charge in [0.2, 0.25) is 0 Å². The Bertz CT molecular complexity index is 936. The monoisotopic (exact) mass is 369 g/mol. The molecule has 0 radical (unpaired) electrons. The summed E-state index contributed by atoms with van der Waals surface area (Å²) >= 11 is 5.90. The van der Waals surface area contributed by atoms with Crippen LogP contribution >= 0.6 is 11.6 Å². The highest BCUT2D eigenvalue weighted by molar-refractivity contribution is 6.29. The van der Waals surface area contributed by atoms with Crippen molar-refractivity contribution in [3.05, 3.63) is 52.8 Å². The summed E-state index contributed by atoms with van der Waals surface area (Å²) in [5, 5.41) is 4.08. The number of nitrogens with zero attached hydrogens (tertiary/aromatic N) is 3. The van der Waals surface area contributed by atoms with E-state index >= 15 is 0 Å². The summed E-state index contributed by atoms with van der Waals surface area (Å²) in [6, 6.07) is 5.86. The van der Waals surface area contributed by atoms with E-state index in [1.54, 1.807) is 6.92 Å². The van der Waals surface area contributed by atoms with E-state index in [2.05, 4.69) is 10.1 Å². The topological polar surface area (TPSA) is 56.5 Å². The maximum Gasteiger partial charge on any atom is 0.416 e. The van der Waals surface area contributed by atoms with Crippen LogP contribution in [0.2, 0.25) is 5.15 Å². The minimum Gasteiger partial charge on any atom is -0.462 e. The van der Waals surface area contributed by atoms with Gasteiger partial charge in [-0.2, -0.15) is 18.3 Å². The summed E-state index contributed by atoms with van der Waals surface area (Å²) in [5.74, 6) is -0.610. The van der Waals surface area contributed by atoms with Crippen LogP contribution < -0.4 is 0 Å². The number of benzene rings is 1. The number of esters is 1. The van der Waals surface area contributed by atoms with Gasteiger partial charge in [0.25, 0.3) is 0 Å². The molecule has 2 aromatic heterocycles. The Morgan fingerprint density at radius 1 is 1.28 bits per heavy atom. The molecule has 25 heavy (non-hydrogen) atoms. The summed E-state index contributed by atoms with van der Waals surface area (Å²) in [6.45, 7) is 1.84. The van der Waals surface area contributed by atoms with Crippen molar-refractivity contribution >= 4 is 23.2 Å². The third-order valence-corrected chi connectivity index (χ3v) is 3.58. The number of aromatic nitrogens is 3. The van der Waals surface area contributed by atoms with Gasteiger partial charge in [-0.05, 0) is 25.1 Å². The first kappa shape index (κ1) is 17.2. The fraction of sp³-hybridized carbons (Fsp3) is 0.188. The molecule has 0 aliphatic heterocycles. The predicted molar refractivity (Wildman–Crippen MR) is 84.4 cm³/mol. The molecule has 0 aliphatic rings. The average molecular weight is 370 g/mol. The van der Waals surface area contributed by atoms with Crippen molar-refractivity contribution in [1.82, 2.24) is 14.6 Å². The van der Waals surface area contributed by atoms with Gasteiger partial charge in [-0.25, -0.2) is 14.3 Å². The molecule has 9 heteroatoms. The molecule has 0 N–H and O–H groups in total. The van der Waals surface area contributed by atoms with Crippen molar-refractivity contribution in [3.63, 3.8) is 0 Å². The van der Waals surface area contributed by atoms with Gasteiger partial charge in [-0.3, -0.25) is 0 Å². The molecule has 3 aromatic rings. The standard InChI is InChI=1S/C16H11ClF3N3O2/c1-2-25-15(24)11-7-13(17)22-23-8-12(21-14(11)23)9-3-5-10(6-4-9)16(18,19)20/h3-8H,2H2,1H3. The lowest BCUT2D eigenvalue weighted by Crippen LogP contribution is -2.08. The summed E-state index contributed by atoms with van der Waals surface area (Å²) < 4.78 is 44.2. The Hall–Kier alpha value is -2.61. The van der Waals surface area contributed by atoms with Crippen molar-refractivity contribution in [2.45, 2.75) is 13.1 Å². The highest BCUT2D eigenvalue weighted by Crippen LogP contribution is 2.31. The first-order chi connectivity index (χ1) is 11.8. The van der Waals surface area contributed by atoms with E-state index in [1.165, 1.54) is 28.9 Å². The first-order valence-corrected chi connectivity index (χ1v) is 7.58. The van der Waals surface area contributed by atoms with Crippen LogP contribution in [0.3, 0.4) is 0 Å². The summed E-state index contributed by atoms with van der Waals surface area (Å²) in [6.07, 6.45) is -2.93. The maximum atomic E-state index is 12.7. The van der Waals surface area contributed by atoms with Gasteiger partial charge < -0.3 is 4.74 Å². The molecule has 0 saturated heterocycles. The van der Waals surface area contributed by atoms with Crippen LogP contribution in [-0.2, 0) is 10.9 Å². The zero-order valence-corrected chi connectivity index (χ0v) is 13.6. The lowest BCUT2D eigenvalue weighted by Gasteiger charge is -2.06. The van der Waals surface area contributed by atoms with E-state index in [0.29, 0.717) is 11.3 Å². The molecule has 0 amide bonds. The Morgan fingerprint density at radius 3 is 2.56 bits per heavy atom. The Balaban J connectivity index is 2.07. The lowest BCUT2D eigenvalue weighted by molar-refractivity contribution is -0.137. The van der Waals surface area contributed by atoms with Crippen molar-refractivity contribution in [2.24, 2.45) is 0 Å². The molecular formula is C16H11ClF3N3O2. The molecule has 1 aromatic carbocycles. The van der Waals surface area contributed by atoms with Gasteiger partial charge in [-0.15, -0.1) is 0 Å². The SMILES string of the molecule is CCOC(=O)c1cc(Cl)nn2cc(-c3ccc(C(F)(F)F)cc3)nc12. The van der Waals surface area contributed by atoms with Crippen LogP contribution in [0.25, 0.3) is 16.9 Å². The zero-order chi connectivity index (χ0) is 18.2. The van der Waals surface area contributed by atoms with E-state index in [-0.39, 0.29) is 23.0 Å². The van der Waals surface area contributed by atoms with E-state index < -0.39 is 17.7 Å². The zero-order valence-electron chi connectivity index (χ0n) is 12.8. The van der Waals surface area contributed by atoms with Gasteiger partial charge in [-0.1, -0.05) is 23.7 Å². The quantitative estimate of drug-likeness (QED) is 0.648. The molecule has 0 spiro atoms. The Labute approximate surface area is 145 Å². The highest BCUT2D eigenvalue weighted by atomic mass is 35.5. The van der Waals surface area contributed by atoms with E-state index in [4.69, 9.17) is 16.3 Å². The van der Waals surface area contributed by atoms with Crippen molar-refractivity contribution < 1.29 is 22.7 Å². The second-order valence-electron chi connectivity index (χ2n) is 5.07. The molecule has 130 valence electrons. The molecule has 0 bridgehead atoms. The van der Waals surface area contributed by atoms with Crippen LogP contribution in [0.5, 0.6) is 0 Å². The van der Waals surface area contributed by atoms with Crippen molar-refractivity contribution in [1.29, 1.82) is 0 Å². The smallest absolute Gasteiger partial charge is 0.416 e. The van der Waals surface area contributed by atoms with Crippen LogP contribution in [-0.4, -0.2) is 27.2 Å². The number of carbonyl (C=O) groups excluding carboxylic acids is 1. The average Bonchev–Trinajstić information content (AvgIpc) is 2.97. The highest BCUT2D eigenvalue weighted by Gasteiger charge is 2.30. The van der Waals surface area contributed by atoms with E-state index in [1.807, 2.05) is 0 Å². The maximum absolute atomic E-state index is 12.7. The molecule has 5 nitrogen and oxygen atoms in total. The number of hydrogen-bond donors (Lipinski definition) is 0. The largest absolute Gasteiger partial charge is 0.462 e. The van der Waals surface area contributed by atoms with Crippen molar-refractivity contribution in [2.75, 3.05) is 6.61 Å². The summed E-state index contributed by atoms with van der Waals surface area (Å²) in [5.41, 5.74) is 0.379. The molecule has 0 fully saturated rings. The Kier molecular flexibility index (Phi) is 4.38. The van der Waals surface area contributed by atoms with Gasteiger partial charge in [0.15, 0.2) is 10.8 Å². The van der Waals surface area contributed by atoms with Gasteiger partial charge in [0.05, 0.1) is 24.1 Å². The first-order valence-electron chi connectivity index (χ1n) is 7.20. The molecular weight excluding hydrogens is 359 g/mol. The number of fused-ring (bicyclic) bond motifs is 1. The minimum absolute atomic E-state index is 0.0620. The fourth-order valence-electron chi connectivity index (χ4n) is 2.27. The number of hydrogen-bond acceptors (Lipinski definition) is 4. The van der Waals surface area contributed by atoms with Gasteiger partial charge in [0.1, 0.15) is 5.56 Å². The second-order valence-corrected chi connectivity index (χ2v) is 5.46. The summed E-state index contributed by atoms with van der Waals surface area (Å²) in [4.78, 5) is 16.3. The number of ether oxygens (including phenoxy) is 1. The number of rotatable bonds is 3. The van der Waals surface area contributed by atoms with Crippen LogP contribution in [0.15, 0.2) is 36.5 Å². The summed E-state index contributed by atoms with van der Waals surface area (Å²) in [7, 11) is 0. The van der Waals surface area contributed by atoms with Crippen molar-refractivity contribution in [3.8, 4) is 11.3 Å². The van der Waals surface area contributed by atoms with E-state index in [0.717, 1.165) is 12.1 Å². The lowest BCUT2D eigenvalue weighted by atomic mass is 10.1. The van der Waals surface area contributed by atoms with Gasteiger partial charge >= 0.3 is 12.1 Å². The number of halogens is 4. The molecule has 0 atom stereocenters. The second kappa shape index (κ2) is 6.36. The van der Waals surface area contributed by atoms with Crippen LogP contribution in [0, 0.1) is 0 Å². The fourth-order valence-corrected chi connectivity index (χ4v) is 2.47. The number of imidazole rings is 1. The molecule has 0 saturated carbocycles. The van der Waals surface area contributed by atoms with Crippen LogP contribution in [0.4, 0.5) is 13.2 Å². The minimum atomic E-state index is -4.41. The van der Waals surface area contributed by atoms with Crippen LogP contribution in [0.1, 0.15) is 22.8 Å². The Morgan fingerprint density at radius 2 is 1.96 bits per heavy atom. The molecule has 0 unspecified atom stereocenters. The number of alkyl halides is 3. The van der Waals surface area contributed by atoms with E-state index in [9.17, 15) is 18.0 Å². The third kappa shape index (κ3) is 3.43. The molecule has 2 heterocycles.